The van der Waals surface area contributed by atoms with E-state index in [0.29, 0.717) is 13.2 Å². The number of halogens is 1. The summed E-state index contributed by atoms with van der Waals surface area (Å²) < 4.78 is 18.7. The van der Waals surface area contributed by atoms with Crippen molar-refractivity contribution in [3.63, 3.8) is 0 Å². The van der Waals surface area contributed by atoms with Crippen molar-refractivity contribution in [2.75, 3.05) is 44.2 Å². The monoisotopic (exact) mass is 343 g/mol. The average Bonchev–Trinajstić information content (AvgIpc) is 2.64. The molecule has 2 aromatic carbocycles. The van der Waals surface area contributed by atoms with Gasteiger partial charge in [0.1, 0.15) is 11.6 Å². The van der Waals surface area contributed by atoms with E-state index in [1.165, 1.54) is 17.7 Å². The van der Waals surface area contributed by atoms with Crippen molar-refractivity contribution in [2.24, 2.45) is 5.73 Å². The molecule has 1 heterocycles. The van der Waals surface area contributed by atoms with Crippen LogP contribution in [0.1, 0.15) is 18.5 Å². The topological polar surface area (TPSA) is 41.7 Å². The van der Waals surface area contributed by atoms with Gasteiger partial charge in [0.25, 0.3) is 0 Å². The molecule has 0 aromatic heterocycles. The van der Waals surface area contributed by atoms with E-state index in [-0.39, 0.29) is 11.9 Å². The minimum Gasteiger partial charge on any atom is -0.494 e. The van der Waals surface area contributed by atoms with Crippen LogP contribution in [0.25, 0.3) is 0 Å². The zero-order valence-corrected chi connectivity index (χ0v) is 14.7. The minimum absolute atomic E-state index is 0.191. The molecule has 3 rings (SSSR count). The summed E-state index contributed by atoms with van der Waals surface area (Å²) in [7, 11) is 0. The second-order valence-corrected chi connectivity index (χ2v) is 6.26. The van der Waals surface area contributed by atoms with Gasteiger partial charge in [-0.15, -0.1) is 0 Å². The Morgan fingerprint density at radius 2 is 1.80 bits per heavy atom. The minimum atomic E-state index is -0.195. The van der Waals surface area contributed by atoms with Crippen molar-refractivity contribution in [1.82, 2.24) is 4.90 Å². The number of anilines is 1. The second kappa shape index (κ2) is 8.32. The summed E-state index contributed by atoms with van der Waals surface area (Å²) in [5, 5.41) is 0. The molecule has 134 valence electrons. The molecule has 0 bridgehead atoms. The van der Waals surface area contributed by atoms with Crippen molar-refractivity contribution in [1.29, 1.82) is 0 Å². The Hall–Kier alpha value is -2.11. The van der Waals surface area contributed by atoms with Crippen LogP contribution in [0.4, 0.5) is 10.1 Å². The molecule has 1 unspecified atom stereocenters. The summed E-state index contributed by atoms with van der Waals surface area (Å²) in [5.74, 6) is 0.697. The van der Waals surface area contributed by atoms with E-state index in [1.54, 1.807) is 0 Å². The van der Waals surface area contributed by atoms with Crippen LogP contribution in [0.15, 0.2) is 48.5 Å². The molecule has 0 amide bonds. The molecular weight excluding hydrogens is 317 g/mol. The van der Waals surface area contributed by atoms with E-state index in [4.69, 9.17) is 10.5 Å². The quantitative estimate of drug-likeness (QED) is 0.875. The third-order valence-electron chi connectivity index (χ3n) is 4.72. The molecule has 25 heavy (non-hydrogen) atoms. The Kier molecular flexibility index (Phi) is 5.89. The molecule has 0 saturated carbocycles. The molecule has 1 aliphatic rings. The van der Waals surface area contributed by atoms with Crippen molar-refractivity contribution >= 4 is 5.69 Å². The lowest BCUT2D eigenvalue weighted by Crippen LogP contribution is -2.49. The fourth-order valence-electron chi connectivity index (χ4n) is 3.42. The average molecular weight is 343 g/mol. The Balaban J connectivity index is 1.66. The lowest BCUT2D eigenvalue weighted by molar-refractivity contribution is 0.190. The molecule has 2 aromatic rings. The number of nitrogens with two attached hydrogens (primary N) is 1. The Morgan fingerprint density at radius 1 is 1.08 bits per heavy atom. The third-order valence-corrected chi connectivity index (χ3v) is 4.72. The molecule has 0 radical (unpaired) electrons. The molecular formula is C20H26FN3O. The van der Waals surface area contributed by atoms with Crippen LogP contribution < -0.4 is 15.4 Å². The van der Waals surface area contributed by atoms with Crippen LogP contribution in [-0.4, -0.2) is 44.2 Å². The maximum atomic E-state index is 13.1. The predicted molar refractivity (Wildman–Crippen MR) is 99.6 cm³/mol. The van der Waals surface area contributed by atoms with Gasteiger partial charge in [0.05, 0.1) is 6.61 Å². The molecule has 2 N–H and O–H groups in total. The number of ether oxygens (including phenoxy) is 1. The van der Waals surface area contributed by atoms with Crippen LogP contribution in [0, 0.1) is 5.82 Å². The predicted octanol–water partition coefficient (Wildman–Crippen LogP) is 3.05. The van der Waals surface area contributed by atoms with E-state index < -0.39 is 0 Å². The zero-order valence-electron chi connectivity index (χ0n) is 14.7. The van der Waals surface area contributed by atoms with E-state index in [2.05, 4.69) is 21.9 Å². The summed E-state index contributed by atoms with van der Waals surface area (Å²) in [4.78, 5) is 4.71. The lowest BCUT2D eigenvalue weighted by Gasteiger charge is -2.40. The van der Waals surface area contributed by atoms with E-state index >= 15 is 0 Å². The molecule has 1 atom stereocenters. The van der Waals surface area contributed by atoms with Gasteiger partial charge in [0, 0.05) is 44.5 Å². The first-order valence-electron chi connectivity index (χ1n) is 8.88. The highest BCUT2D eigenvalue weighted by Crippen LogP contribution is 2.26. The fraction of sp³-hybridized carbons (Fsp3) is 0.400. The van der Waals surface area contributed by atoms with Gasteiger partial charge in [-0.05, 0) is 48.9 Å². The highest BCUT2D eigenvalue weighted by Gasteiger charge is 2.24. The van der Waals surface area contributed by atoms with Crippen LogP contribution in [-0.2, 0) is 0 Å². The SMILES string of the molecule is CCOc1cccc(C(CN)N2CCN(c3ccc(F)cc3)CC2)c1. The van der Waals surface area contributed by atoms with Gasteiger partial charge in [0.15, 0.2) is 0 Å². The maximum absolute atomic E-state index is 13.1. The van der Waals surface area contributed by atoms with Crippen LogP contribution in [0.2, 0.25) is 0 Å². The van der Waals surface area contributed by atoms with Gasteiger partial charge in [-0.1, -0.05) is 12.1 Å². The van der Waals surface area contributed by atoms with Crippen molar-refractivity contribution in [3.05, 3.63) is 59.9 Å². The Morgan fingerprint density at radius 3 is 2.44 bits per heavy atom. The number of hydrogen-bond acceptors (Lipinski definition) is 4. The standard InChI is InChI=1S/C20H26FN3O/c1-2-25-19-5-3-4-16(14-19)20(15-22)24-12-10-23(11-13-24)18-8-6-17(21)7-9-18/h3-9,14,20H,2,10-13,15,22H2,1H3. The van der Waals surface area contributed by atoms with Crippen LogP contribution >= 0.6 is 0 Å². The van der Waals surface area contributed by atoms with Gasteiger partial charge >= 0.3 is 0 Å². The molecule has 0 spiro atoms. The summed E-state index contributed by atoms with van der Waals surface area (Å²) in [6.45, 7) is 6.90. The van der Waals surface area contributed by atoms with E-state index in [1.807, 2.05) is 31.2 Å². The van der Waals surface area contributed by atoms with Gasteiger partial charge in [-0.3, -0.25) is 4.90 Å². The van der Waals surface area contributed by atoms with Gasteiger partial charge in [-0.25, -0.2) is 4.39 Å². The third kappa shape index (κ3) is 4.30. The molecule has 5 heteroatoms. The normalized spacial score (nSPS) is 16.7. The first-order valence-corrected chi connectivity index (χ1v) is 8.88. The summed E-state index contributed by atoms with van der Waals surface area (Å²) in [5.41, 5.74) is 8.36. The molecule has 1 aliphatic heterocycles. The van der Waals surface area contributed by atoms with Gasteiger partial charge < -0.3 is 15.4 Å². The number of piperazine rings is 1. The number of benzene rings is 2. The van der Waals surface area contributed by atoms with E-state index in [9.17, 15) is 4.39 Å². The first-order chi connectivity index (χ1) is 12.2. The Labute approximate surface area is 149 Å². The number of rotatable bonds is 6. The first kappa shape index (κ1) is 17.7. The van der Waals surface area contributed by atoms with Crippen molar-refractivity contribution in [3.8, 4) is 5.75 Å². The van der Waals surface area contributed by atoms with Crippen LogP contribution in [0.5, 0.6) is 5.75 Å². The fourth-order valence-corrected chi connectivity index (χ4v) is 3.42. The Bertz CT molecular complexity index is 669. The summed E-state index contributed by atoms with van der Waals surface area (Å²) in [6, 6.07) is 15.1. The van der Waals surface area contributed by atoms with E-state index in [0.717, 1.165) is 37.6 Å². The van der Waals surface area contributed by atoms with Crippen LogP contribution in [0.3, 0.4) is 0 Å². The van der Waals surface area contributed by atoms with Crippen molar-refractivity contribution < 1.29 is 9.13 Å². The maximum Gasteiger partial charge on any atom is 0.123 e. The highest BCUT2D eigenvalue weighted by atomic mass is 19.1. The largest absolute Gasteiger partial charge is 0.494 e. The van der Waals surface area contributed by atoms with Crippen molar-refractivity contribution in [2.45, 2.75) is 13.0 Å². The molecule has 0 aliphatic carbocycles. The molecule has 1 saturated heterocycles. The number of hydrogen-bond donors (Lipinski definition) is 1. The molecule has 4 nitrogen and oxygen atoms in total. The van der Waals surface area contributed by atoms with Gasteiger partial charge in [-0.2, -0.15) is 0 Å². The van der Waals surface area contributed by atoms with Gasteiger partial charge in [0.2, 0.25) is 0 Å². The highest BCUT2D eigenvalue weighted by molar-refractivity contribution is 5.46. The summed E-state index contributed by atoms with van der Waals surface area (Å²) >= 11 is 0. The summed E-state index contributed by atoms with van der Waals surface area (Å²) in [6.07, 6.45) is 0. The second-order valence-electron chi connectivity index (χ2n) is 6.26. The zero-order chi connectivity index (χ0) is 17.6. The number of nitrogens with zero attached hydrogens (tertiary/aromatic N) is 2. The smallest absolute Gasteiger partial charge is 0.123 e. The molecule has 1 fully saturated rings. The lowest BCUT2D eigenvalue weighted by atomic mass is 10.0.